The Balaban J connectivity index is 1.67. The molecule has 2 aromatic heterocycles. The summed E-state index contributed by atoms with van der Waals surface area (Å²) >= 11 is 0. The minimum absolute atomic E-state index is 0.0719. The van der Waals surface area contributed by atoms with Crippen LogP contribution in [0.2, 0.25) is 0 Å². The number of fused-ring (bicyclic) bond motifs is 1. The van der Waals surface area contributed by atoms with Crippen molar-refractivity contribution in [2.75, 3.05) is 18.6 Å². The average molecular weight is 329 g/mol. The topological polar surface area (TPSA) is 73.1 Å². The summed E-state index contributed by atoms with van der Waals surface area (Å²) in [6.45, 7) is 1.11. The minimum Gasteiger partial charge on any atom is -0.468 e. The maximum atomic E-state index is 11.6. The van der Waals surface area contributed by atoms with Gasteiger partial charge in [-0.25, -0.2) is 14.6 Å². The van der Waals surface area contributed by atoms with Gasteiger partial charge in [0.15, 0.2) is 5.65 Å². The first-order valence-electron chi connectivity index (χ1n) is 8.78. The highest BCUT2D eigenvalue weighted by Gasteiger charge is 2.35. The van der Waals surface area contributed by atoms with Crippen molar-refractivity contribution in [2.45, 2.75) is 51.1 Å². The first kappa shape index (κ1) is 15.4. The molecule has 128 valence electrons. The van der Waals surface area contributed by atoms with Gasteiger partial charge in [-0.3, -0.25) is 4.79 Å². The van der Waals surface area contributed by atoms with E-state index in [1.165, 1.54) is 45.6 Å². The monoisotopic (exact) mass is 329 g/mol. The Hall–Kier alpha value is -2.18. The lowest BCUT2D eigenvalue weighted by Gasteiger charge is -2.30. The Kier molecular flexibility index (Phi) is 4.08. The summed E-state index contributed by atoms with van der Waals surface area (Å²) in [4.78, 5) is 22.9. The van der Waals surface area contributed by atoms with Crippen LogP contribution < -0.4 is 4.90 Å². The molecule has 1 saturated carbocycles. The molecule has 0 bridgehead atoms. The zero-order valence-corrected chi connectivity index (χ0v) is 14.0. The van der Waals surface area contributed by atoms with Gasteiger partial charge >= 0.3 is 5.97 Å². The van der Waals surface area contributed by atoms with Crippen molar-refractivity contribution in [1.29, 1.82) is 0 Å². The number of anilines is 1. The van der Waals surface area contributed by atoms with Crippen molar-refractivity contribution < 1.29 is 9.53 Å². The van der Waals surface area contributed by atoms with Gasteiger partial charge in [-0.15, -0.1) is 0 Å². The molecule has 2 fully saturated rings. The van der Waals surface area contributed by atoms with Gasteiger partial charge in [0.05, 0.1) is 18.7 Å². The standard InChI is InChI=1S/C17H23N5O2/c1-24-15(23)10-22-17-13(9-20-22)16(18-11-19-17)21-8-4-7-14(21)12-5-2-3-6-12/h9,11-12,14H,2-8,10H2,1H3/t14-/m1/s1. The van der Waals surface area contributed by atoms with E-state index in [0.717, 1.165) is 23.7 Å². The zero-order valence-electron chi connectivity index (χ0n) is 14.0. The normalized spacial score (nSPS) is 21.7. The van der Waals surface area contributed by atoms with Gasteiger partial charge in [-0.05, 0) is 31.6 Å². The molecule has 2 aromatic rings. The highest BCUT2D eigenvalue weighted by molar-refractivity contribution is 5.87. The number of nitrogens with zero attached hydrogens (tertiary/aromatic N) is 5. The number of carbonyl (C=O) groups excluding carboxylic acids is 1. The van der Waals surface area contributed by atoms with Crippen molar-refractivity contribution >= 4 is 22.8 Å². The van der Waals surface area contributed by atoms with E-state index in [1.807, 2.05) is 0 Å². The third-order valence-electron chi connectivity index (χ3n) is 5.43. The number of esters is 1. The number of aromatic nitrogens is 4. The van der Waals surface area contributed by atoms with E-state index in [0.29, 0.717) is 11.7 Å². The van der Waals surface area contributed by atoms with Crippen LogP contribution in [-0.2, 0) is 16.1 Å². The van der Waals surface area contributed by atoms with Crippen LogP contribution in [0.15, 0.2) is 12.5 Å². The molecule has 0 N–H and O–H groups in total. The lowest BCUT2D eigenvalue weighted by molar-refractivity contribution is -0.141. The van der Waals surface area contributed by atoms with Crippen molar-refractivity contribution in [3.63, 3.8) is 0 Å². The third kappa shape index (κ3) is 2.61. The molecule has 1 aliphatic heterocycles. The molecule has 4 rings (SSSR count). The number of hydrogen-bond donors (Lipinski definition) is 0. The fourth-order valence-corrected chi connectivity index (χ4v) is 4.30. The van der Waals surface area contributed by atoms with Crippen LogP contribution in [0.1, 0.15) is 38.5 Å². The van der Waals surface area contributed by atoms with Crippen LogP contribution in [-0.4, -0.2) is 45.4 Å². The summed E-state index contributed by atoms with van der Waals surface area (Å²) < 4.78 is 6.32. The Bertz CT molecular complexity index is 738. The van der Waals surface area contributed by atoms with E-state index in [2.05, 4.69) is 20.0 Å². The van der Waals surface area contributed by atoms with Gasteiger partial charge in [-0.1, -0.05) is 12.8 Å². The summed E-state index contributed by atoms with van der Waals surface area (Å²) in [5.41, 5.74) is 0.697. The smallest absolute Gasteiger partial charge is 0.327 e. The predicted octanol–water partition coefficient (Wildman–Crippen LogP) is 2.16. The Morgan fingerprint density at radius 1 is 1.25 bits per heavy atom. The molecule has 7 heteroatoms. The second-order valence-corrected chi connectivity index (χ2v) is 6.76. The summed E-state index contributed by atoms with van der Waals surface area (Å²) in [6, 6.07) is 0.578. The summed E-state index contributed by atoms with van der Waals surface area (Å²) in [5.74, 6) is 1.42. The Morgan fingerprint density at radius 2 is 2.08 bits per heavy atom. The van der Waals surface area contributed by atoms with Gasteiger partial charge < -0.3 is 9.64 Å². The SMILES string of the molecule is COC(=O)Cn1ncc2c(N3CCC[C@@H]3C3CCCC3)ncnc21. The van der Waals surface area contributed by atoms with E-state index < -0.39 is 0 Å². The number of ether oxygens (including phenoxy) is 1. The first-order chi connectivity index (χ1) is 11.8. The summed E-state index contributed by atoms with van der Waals surface area (Å²) in [7, 11) is 1.38. The number of hydrogen-bond acceptors (Lipinski definition) is 6. The molecular formula is C17H23N5O2. The molecule has 0 aromatic carbocycles. The van der Waals surface area contributed by atoms with Crippen molar-refractivity contribution in [2.24, 2.45) is 5.92 Å². The lowest BCUT2D eigenvalue weighted by atomic mass is 9.96. The van der Waals surface area contributed by atoms with Gasteiger partial charge in [0.2, 0.25) is 0 Å². The van der Waals surface area contributed by atoms with Gasteiger partial charge in [0.1, 0.15) is 18.7 Å². The summed E-state index contributed by atoms with van der Waals surface area (Å²) in [5, 5.41) is 5.25. The summed E-state index contributed by atoms with van der Waals surface area (Å²) in [6.07, 6.45) is 11.2. The van der Waals surface area contributed by atoms with Gasteiger partial charge in [0.25, 0.3) is 0 Å². The van der Waals surface area contributed by atoms with Gasteiger partial charge in [0, 0.05) is 12.6 Å². The molecule has 24 heavy (non-hydrogen) atoms. The molecular weight excluding hydrogens is 306 g/mol. The third-order valence-corrected chi connectivity index (χ3v) is 5.43. The van der Waals surface area contributed by atoms with Crippen LogP contribution >= 0.6 is 0 Å². The van der Waals surface area contributed by atoms with Crippen LogP contribution in [0.3, 0.4) is 0 Å². The van der Waals surface area contributed by atoms with E-state index in [1.54, 1.807) is 17.2 Å². The average Bonchev–Trinajstić information content (AvgIpc) is 3.34. The van der Waals surface area contributed by atoms with Crippen molar-refractivity contribution in [1.82, 2.24) is 19.7 Å². The largest absolute Gasteiger partial charge is 0.468 e. The molecule has 2 aliphatic rings. The van der Waals surface area contributed by atoms with E-state index in [4.69, 9.17) is 4.74 Å². The highest BCUT2D eigenvalue weighted by atomic mass is 16.5. The van der Waals surface area contributed by atoms with Crippen molar-refractivity contribution in [3.05, 3.63) is 12.5 Å². The van der Waals surface area contributed by atoms with Crippen LogP contribution in [0, 0.1) is 5.92 Å². The Morgan fingerprint density at radius 3 is 2.88 bits per heavy atom. The number of carbonyl (C=O) groups is 1. The molecule has 0 radical (unpaired) electrons. The second kappa shape index (κ2) is 6.37. The van der Waals surface area contributed by atoms with Gasteiger partial charge in [-0.2, -0.15) is 5.10 Å². The first-order valence-corrected chi connectivity index (χ1v) is 8.78. The molecule has 0 spiro atoms. The second-order valence-electron chi connectivity index (χ2n) is 6.76. The molecule has 0 unspecified atom stereocenters. The molecule has 3 heterocycles. The van der Waals surface area contributed by atoms with Crippen molar-refractivity contribution in [3.8, 4) is 0 Å². The lowest BCUT2D eigenvalue weighted by Crippen LogP contribution is -2.35. The number of methoxy groups -OCH3 is 1. The number of rotatable bonds is 4. The molecule has 0 amide bonds. The Labute approximate surface area is 141 Å². The van der Waals surface area contributed by atoms with Crippen LogP contribution in [0.5, 0.6) is 0 Å². The fourth-order valence-electron chi connectivity index (χ4n) is 4.30. The van der Waals surface area contributed by atoms with Crippen LogP contribution in [0.4, 0.5) is 5.82 Å². The van der Waals surface area contributed by atoms with Crippen LogP contribution in [0.25, 0.3) is 11.0 Å². The minimum atomic E-state index is -0.329. The highest BCUT2D eigenvalue weighted by Crippen LogP contribution is 2.38. The van der Waals surface area contributed by atoms with E-state index in [-0.39, 0.29) is 12.5 Å². The fraction of sp³-hybridized carbons (Fsp3) is 0.647. The maximum absolute atomic E-state index is 11.6. The predicted molar refractivity (Wildman–Crippen MR) is 89.7 cm³/mol. The molecule has 1 aliphatic carbocycles. The maximum Gasteiger partial charge on any atom is 0.327 e. The molecule has 1 saturated heterocycles. The van der Waals surface area contributed by atoms with E-state index >= 15 is 0 Å². The zero-order chi connectivity index (χ0) is 16.5. The molecule has 1 atom stereocenters. The quantitative estimate of drug-likeness (QED) is 0.800. The van der Waals surface area contributed by atoms with E-state index in [9.17, 15) is 4.79 Å². The molecule has 7 nitrogen and oxygen atoms in total.